The van der Waals surface area contributed by atoms with E-state index in [0.717, 1.165) is 50.2 Å². The number of carbonyl (C=O) groups excluding carboxylic acids is 1. The number of rotatable bonds is 8. The van der Waals surface area contributed by atoms with Crippen molar-refractivity contribution in [1.82, 2.24) is 15.3 Å². The molecule has 1 aromatic heterocycles. The maximum atomic E-state index is 12.0. The van der Waals surface area contributed by atoms with Crippen LogP contribution in [0.4, 0.5) is 11.6 Å². The van der Waals surface area contributed by atoms with E-state index in [1.165, 1.54) is 5.56 Å². The van der Waals surface area contributed by atoms with Crippen molar-refractivity contribution in [3.8, 4) is 0 Å². The second kappa shape index (κ2) is 9.87. The van der Waals surface area contributed by atoms with E-state index in [9.17, 15) is 4.79 Å². The molecule has 1 aliphatic rings. The minimum atomic E-state index is 0.0635. The standard InChI is InChI=1S/C20H27N5O2/c1-16-23-18(15-19(24-16)25-11-13-27-14-12-25)21-9-10-22-20(26)8-7-17-5-3-2-4-6-17/h2-6,15H,7-14H2,1H3,(H,22,26)(H,21,23,24). The Morgan fingerprint density at radius 1 is 1.15 bits per heavy atom. The molecular weight excluding hydrogens is 342 g/mol. The van der Waals surface area contributed by atoms with Gasteiger partial charge >= 0.3 is 0 Å². The molecule has 2 heterocycles. The van der Waals surface area contributed by atoms with Gasteiger partial charge in [0.1, 0.15) is 17.5 Å². The van der Waals surface area contributed by atoms with E-state index in [4.69, 9.17) is 4.74 Å². The fourth-order valence-corrected chi connectivity index (χ4v) is 2.98. The highest BCUT2D eigenvalue weighted by molar-refractivity contribution is 5.76. The smallest absolute Gasteiger partial charge is 0.220 e. The molecule has 0 saturated carbocycles. The molecule has 7 heteroatoms. The summed E-state index contributed by atoms with van der Waals surface area (Å²) in [5, 5.41) is 6.21. The molecule has 27 heavy (non-hydrogen) atoms. The number of ether oxygens (including phenoxy) is 1. The second-order valence-corrected chi connectivity index (χ2v) is 6.52. The van der Waals surface area contributed by atoms with Crippen molar-refractivity contribution in [2.24, 2.45) is 0 Å². The first kappa shape index (κ1) is 19.1. The first-order chi connectivity index (χ1) is 13.2. The van der Waals surface area contributed by atoms with Gasteiger partial charge in [0, 0.05) is 38.7 Å². The molecular formula is C20H27N5O2. The molecule has 0 unspecified atom stereocenters. The molecule has 7 nitrogen and oxygen atoms in total. The third-order valence-corrected chi connectivity index (χ3v) is 4.40. The summed E-state index contributed by atoms with van der Waals surface area (Å²) in [6.45, 7) is 6.20. The quantitative estimate of drug-likeness (QED) is 0.691. The summed E-state index contributed by atoms with van der Waals surface area (Å²) in [7, 11) is 0. The summed E-state index contributed by atoms with van der Waals surface area (Å²) >= 11 is 0. The van der Waals surface area contributed by atoms with Gasteiger partial charge in [0.05, 0.1) is 13.2 Å². The minimum absolute atomic E-state index is 0.0635. The zero-order valence-electron chi connectivity index (χ0n) is 15.8. The SMILES string of the molecule is Cc1nc(NCCNC(=O)CCc2ccccc2)cc(N2CCOCC2)n1. The number of benzene rings is 1. The van der Waals surface area contributed by atoms with Crippen molar-refractivity contribution < 1.29 is 9.53 Å². The number of hydrogen-bond donors (Lipinski definition) is 2. The Bertz CT molecular complexity index is 732. The molecule has 1 amide bonds. The highest BCUT2D eigenvalue weighted by atomic mass is 16.5. The molecule has 3 rings (SSSR count). The monoisotopic (exact) mass is 369 g/mol. The van der Waals surface area contributed by atoms with Gasteiger partial charge in [0.15, 0.2) is 0 Å². The summed E-state index contributed by atoms with van der Waals surface area (Å²) in [6.07, 6.45) is 1.26. The van der Waals surface area contributed by atoms with E-state index in [1.54, 1.807) is 0 Å². The van der Waals surface area contributed by atoms with E-state index in [-0.39, 0.29) is 5.91 Å². The number of nitrogens with one attached hydrogen (secondary N) is 2. The molecule has 144 valence electrons. The number of nitrogens with zero attached hydrogens (tertiary/aromatic N) is 3. The Balaban J connectivity index is 1.40. The van der Waals surface area contributed by atoms with Crippen LogP contribution in [0.2, 0.25) is 0 Å². The van der Waals surface area contributed by atoms with Gasteiger partial charge in [-0.2, -0.15) is 0 Å². The van der Waals surface area contributed by atoms with Gasteiger partial charge in [-0.25, -0.2) is 9.97 Å². The van der Waals surface area contributed by atoms with Crippen LogP contribution >= 0.6 is 0 Å². The third-order valence-electron chi connectivity index (χ3n) is 4.40. The van der Waals surface area contributed by atoms with Crippen molar-refractivity contribution in [1.29, 1.82) is 0 Å². The van der Waals surface area contributed by atoms with Crippen LogP contribution in [0.1, 0.15) is 17.8 Å². The topological polar surface area (TPSA) is 79.4 Å². The lowest BCUT2D eigenvalue weighted by Gasteiger charge is -2.28. The van der Waals surface area contributed by atoms with Gasteiger partial charge in [-0.05, 0) is 18.9 Å². The molecule has 2 N–H and O–H groups in total. The number of morpholine rings is 1. The summed E-state index contributed by atoms with van der Waals surface area (Å²) in [4.78, 5) is 23.1. The zero-order chi connectivity index (χ0) is 18.9. The largest absolute Gasteiger partial charge is 0.378 e. The Kier molecular flexibility index (Phi) is 6.98. The lowest BCUT2D eigenvalue weighted by molar-refractivity contribution is -0.120. The number of amides is 1. The maximum Gasteiger partial charge on any atom is 0.220 e. The Morgan fingerprint density at radius 3 is 2.70 bits per heavy atom. The van der Waals surface area contributed by atoms with Crippen molar-refractivity contribution in [2.75, 3.05) is 49.6 Å². The molecule has 0 atom stereocenters. The summed E-state index contributed by atoms with van der Waals surface area (Å²) in [5.41, 5.74) is 1.18. The molecule has 0 aliphatic carbocycles. The lowest BCUT2D eigenvalue weighted by Crippen LogP contribution is -2.37. The number of aromatic nitrogens is 2. The van der Waals surface area contributed by atoms with Crippen LogP contribution < -0.4 is 15.5 Å². The Hall–Kier alpha value is -2.67. The zero-order valence-corrected chi connectivity index (χ0v) is 15.8. The average Bonchev–Trinajstić information content (AvgIpc) is 2.71. The lowest BCUT2D eigenvalue weighted by atomic mass is 10.1. The predicted octanol–water partition coefficient (Wildman–Crippen LogP) is 1.78. The summed E-state index contributed by atoms with van der Waals surface area (Å²) in [6, 6.07) is 12.0. The highest BCUT2D eigenvalue weighted by Gasteiger charge is 2.14. The van der Waals surface area contributed by atoms with E-state index < -0.39 is 0 Å². The van der Waals surface area contributed by atoms with Crippen LogP contribution in [0, 0.1) is 6.92 Å². The van der Waals surface area contributed by atoms with Gasteiger partial charge in [-0.1, -0.05) is 30.3 Å². The van der Waals surface area contributed by atoms with Crippen molar-refractivity contribution in [3.63, 3.8) is 0 Å². The van der Waals surface area contributed by atoms with Gasteiger partial charge < -0.3 is 20.3 Å². The van der Waals surface area contributed by atoms with Crippen molar-refractivity contribution in [2.45, 2.75) is 19.8 Å². The van der Waals surface area contributed by atoms with Crippen LogP contribution in [0.25, 0.3) is 0 Å². The van der Waals surface area contributed by atoms with Gasteiger partial charge in [0.2, 0.25) is 5.91 Å². The van der Waals surface area contributed by atoms with Gasteiger partial charge in [-0.15, -0.1) is 0 Å². The first-order valence-electron chi connectivity index (χ1n) is 9.43. The van der Waals surface area contributed by atoms with Crippen molar-refractivity contribution in [3.05, 3.63) is 47.8 Å². The number of aryl methyl sites for hydroxylation is 2. The molecule has 2 aromatic rings. The van der Waals surface area contributed by atoms with Crippen LogP contribution in [-0.4, -0.2) is 55.3 Å². The molecule has 0 radical (unpaired) electrons. The minimum Gasteiger partial charge on any atom is -0.378 e. The van der Waals surface area contributed by atoms with Crippen LogP contribution in [0.3, 0.4) is 0 Å². The van der Waals surface area contributed by atoms with Gasteiger partial charge in [-0.3, -0.25) is 4.79 Å². The normalized spacial score (nSPS) is 14.0. The van der Waals surface area contributed by atoms with E-state index in [1.807, 2.05) is 43.3 Å². The number of anilines is 2. The number of hydrogen-bond acceptors (Lipinski definition) is 6. The molecule has 1 fully saturated rings. The maximum absolute atomic E-state index is 12.0. The molecule has 1 aliphatic heterocycles. The molecule has 1 aromatic carbocycles. The van der Waals surface area contributed by atoms with Crippen molar-refractivity contribution >= 4 is 17.5 Å². The van der Waals surface area contributed by atoms with E-state index in [2.05, 4.69) is 25.5 Å². The first-order valence-corrected chi connectivity index (χ1v) is 9.43. The Labute approximate surface area is 160 Å². The third kappa shape index (κ3) is 6.21. The van der Waals surface area contributed by atoms with E-state index in [0.29, 0.717) is 19.5 Å². The summed E-state index contributed by atoms with van der Waals surface area (Å²) < 4.78 is 5.39. The predicted molar refractivity (Wildman–Crippen MR) is 106 cm³/mol. The Morgan fingerprint density at radius 2 is 1.93 bits per heavy atom. The van der Waals surface area contributed by atoms with Crippen LogP contribution in [0.5, 0.6) is 0 Å². The fourth-order valence-electron chi connectivity index (χ4n) is 2.98. The summed E-state index contributed by atoms with van der Waals surface area (Å²) in [5.74, 6) is 2.49. The molecule has 1 saturated heterocycles. The van der Waals surface area contributed by atoms with Gasteiger partial charge in [0.25, 0.3) is 0 Å². The average molecular weight is 369 g/mol. The fraction of sp³-hybridized carbons (Fsp3) is 0.450. The van der Waals surface area contributed by atoms with E-state index >= 15 is 0 Å². The second-order valence-electron chi connectivity index (χ2n) is 6.52. The van der Waals surface area contributed by atoms with Crippen LogP contribution in [0.15, 0.2) is 36.4 Å². The highest BCUT2D eigenvalue weighted by Crippen LogP contribution is 2.16. The molecule has 0 spiro atoms. The molecule has 0 bridgehead atoms. The number of carbonyl (C=O) groups is 1. The van der Waals surface area contributed by atoms with Crippen LogP contribution in [-0.2, 0) is 16.0 Å².